The molecule has 7 heteroatoms. The Bertz CT molecular complexity index is 394. The van der Waals surface area contributed by atoms with Crippen molar-refractivity contribution in [1.82, 2.24) is 5.32 Å². The fraction of sp³-hybridized carbons (Fsp3) is 0.538. The third kappa shape index (κ3) is 7.00. The third-order valence-corrected chi connectivity index (χ3v) is 2.64. The van der Waals surface area contributed by atoms with Gasteiger partial charge in [-0.05, 0) is 18.2 Å². The van der Waals surface area contributed by atoms with Crippen molar-refractivity contribution in [2.75, 3.05) is 33.5 Å². The first-order chi connectivity index (χ1) is 9.63. The first-order valence-corrected chi connectivity index (χ1v) is 6.52. The van der Waals surface area contributed by atoms with Crippen LogP contribution in [0.1, 0.15) is 5.56 Å². The first kappa shape index (κ1) is 17.1. The summed E-state index contributed by atoms with van der Waals surface area (Å²) in [5.41, 5.74) is 0.578. The Morgan fingerprint density at radius 2 is 2.05 bits per heavy atom. The van der Waals surface area contributed by atoms with Crippen LogP contribution in [0.25, 0.3) is 0 Å². The van der Waals surface area contributed by atoms with Crippen LogP contribution < -0.4 is 10.1 Å². The van der Waals surface area contributed by atoms with E-state index in [9.17, 15) is 8.78 Å². The van der Waals surface area contributed by atoms with Crippen LogP contribution in [-0.2, 0) is 16.0 Å². The summed E-state index contributed by atoms with van der Waals surface area (Å²) in [6, 6.07) is 4.54. The van der Waals surface area contributed by atoms with Crippen LogP contribution in [0.15, 0.2) is 18.2 Å². The van der Waals surface area contributed by atoms with Crippen molar-refractivity contribution in [3.05, 3.63) is 28.8 Å². The van der Waals surface area contributed by atoms with Crippen LogP contribution in [0.4, 0.5) is 8.78 Å². The average Bonchev–Trinajstić information content (AvgIpc) is 2.40. The predicted molar refractivity (Wildman–Crippen MR) is 72.5 cm³/mol. The van der Waals surface area contributed by atoms with Crippen LogP contribution in [0.2, 0.25) is 5.02 Å². The number of hydrogen-bond acceptors (Lipinski definition) is 4. The third-order valence-electron chi connectivity index (χ3n) is 2.41. The normalized spacial score (nSPS) is 11.1. The summed E-state index contributed by atoms with van der Waals surface area (Å²) >= 11 is 5.84. The quantitative estimate of drug-likeness (QED) is 0.675. The van der Waals surface area contributed by atoms with E-state index in [4.69, 9.17) is 21.1 Å². The van der Waals surface area contributed by atoms with E-state index in [2.05, 4.69) is 10.1 Å². The highest BCUT2D eigenvalue weighted by molar-refractivity contribution is 6.30. The van der Waals surface area contributed by atoms with E-state index in [0.29, 0.717) is 43.5 Å². The van der Waals surface area contributed by atoms with Crippen LogP contribution >= 0.6 is 11.6 Å². The van der Waals surface area contributed by atoms with E-state index in [0.717, 1.165) is 0 Å². The molecule has 0 saturated carbocycles. The van der Waals surface area contributed by atoms with Gasteiger partial charge in [0, 0.05) is 30.8 Å². The summed E-state index contributed by atoms with van der Waals surface area (Å²) < 4.78 is 39.0. The molecule has 0 aliphatic carbocycles. The van der Waals surface area contributed by atoms with Crippen molar-refractivity contribution in [3.8, 4) is 5.75 Å². The van der Waals surface area contributed by atoms with Gasteiger partial charge < -0.3 is 19.5 Å². The molecule has 114 valence electrons. The van der Waals surface area contributed by atoms with Crippen molar-refractivity contribution in [2.45, 2.75) is 13.2 Å². The van der Waals surface area contributed by atoms with Gasteiger partial charge in [0.25, 0.3) is 0 Å². The monoisotopic (exact) mass is 309 g/mol. The van der Waals surface area contributed by atoms with Crippen molar-refractivity contribution in [1.29, 1.82) is 0 Å². The van der Waals surface area contributed by atoms with Crippen molar-refractivity contribution in [3.63, 3.8) is 0 Å². The number of nitrogens with one attached hydrogen (secondary N) is 1. The van der Waals surface area contributed by atoms with Gasteiger partial charge in [0.1, 0.15) is 5.75 Å². The molecular weight excluding hydrogens is 292 g/mol. The van der Waals surface area contributed by atoms with Gasteiger partial charge in [-0.25, -0.2) is 0 Å². The van der Waals surface area contributed by atoms with E-state index in [1.165, 1.54) is 12.1 Å². The molecule has 0 heterocycles. The van der Waals surface area contributed by atoms with Gasteiger partial charge in [0.05, 0.1) is 19.8 Å². The summed E-state index contributed by atoms with van der Waals surface area (Å²) in [6.07, 6.45) is 0. The van der Waals surface area contributed by atoms with Gasteiger partial charge >= 0.3 is 6.61 Å². The fourth-order valence-electron chi connectivity index (χ4n) is 1.51. The Labute approximate surface area is 122 Å². The zero-order valence-electron chi connectivity index (χ0n) is 11.2. The lowest BCUT2D eigenvalue weighted by Gasteiger charge is -2.12. The highest BCUT2D eigenvalue weighted by Crippen LogP contribution is 2.24. The molecule has 0 bridgehead atoms. The lowest BCUT2D eigenvalue weighted by molar-refractivity contribution is -0.0505. The first-order valence-electron chi connectivity index (χ1n) is 6.14. The van der Waals surface area contributed by atoms with Crippen LogP contribution in [0, 0.1) is 0 Å². The molecule has 4 nitrogen and oxygen atoms in total. The number of ether oxygens (including phenoxy) is 3. The highest BCUT2D eigenvalue weighted by atomic mass is 35.5. The summed E-state index contributed by atoms with van der Waals surface area (Å²) in [5.74, 6) is 0.122. The molecule has 0 radical (unpaired) electrons. The standard InChI is InChI=1S/C13H18ClF2NO3/c1-18-6-7-19-5-4-17-9-10-8-11(14)2-3-12(10)20-13(15)16/h2-3,8,13,17H,4-7,9H2,1H3. The number of benzene rings is 1. The largest absolute Gasteiger partial charge is 0.434 e. The van der Waals surface area contributed by atoms with E-state index < -0.39 is 6.61 Å². The lowest BCUT2D eigenvalue weighted by atomic mass is 10.2. The van der Waals surface area contributed by atoms with E-state index >= 15 is 0 Å². The molecule has 0 unspecified atom stereocenters. The number of methoxy groups -OCH3 is 1. The van der Waals surface area contributed by atoms with E-state index in [-0.39, 0.29) is 5.75 Å². The molecule has 1 N–H and O–H groups in total. The van der Waals surface area contributed by atoms with Crippen LogP contribution in [-0.4, -0.2) is 40.1 Å². The topological polar surface area (TPSA) is 39.7 Å². The Balaban J connectivity index is 2.36. The minimum absolute atomic E-state index is 0.122. The molecule has 1 aromatic rings. The average molecular weight is 310 g/mol. The van der Waals surface area contributed by atoms with Gasteiger partial charge in [-0.2, -0.15) is 8.78 Å². The number of rotatable bonds is 10. The summed E-state index contributed by atoms with van der Waals surface area (Å²) in [5, 5.41) is 3.54. The van der Waals surface area contributed by atoms with Crippen LogP contribution in [0.5, 0.6) is 5.75 Å². The Morgan fingerprint density at radius 3 is 2.75 bits per heavy atom. The SMILES string of the molecule is COCCOCCNCc1cc(Cl)ccc1OC(F)F. The molecule has 0 aliphatic heterocycles. The van der Waals surface area contributed by atoms with Crippen molar-refractivity contribution < 1.29 is 23.0 Å². The lowest BCUT2D eigenvalue weighted by Crippen LogP contribution is -2.20. The maximum Gasteiger partial charge on any atom is 0.387 e. The van der Waals surface area contributed by atoms with Crippen LogP contribution in [0.3, 0.4) is 0 Å². The second kappa shape index (κ2) is 9.88. The maximum atomic E-state index is 12.3. The minimum Gasteiger partial charge on any atom is -0.434 e. The summed E-state index contributed by atoms with van der Waals surface area (Å²) in [6.45, 7) is -0.321. The summed E-state index contributed by atoms with van der Waals surface area (Å²) in [7, 11) is 1.60. The smallest absolute Gasteiger partial charge is 0.387 e. The second-order valence-electron chi connectivity index (χ2n) is 3.91. The molecule has 0 aliphatic rings. The predicted octanol–water partition coefficient (Wildman–Crippen LogP) is 2.69. The zero-order valence-corrected chi connectivity index (χ0v) is 12.0. The Hall–Kier alpha value is -0.950. The Morgan fingerprint density at radius 1 is 1.25 bits per heavy atom. The van der Waals surface area contributed by atoms with Gasteiger partial charge in [-0.1, -0.05) is 11.6 Å². The molecule has 0 atom stereocenters. The number of alkyl halides is 2. The number of halogens is 3. The zero-order chi connectivity index (χ0) is 14.8. The van der Waals surface area contributed by atoms with Crippen molar-refractivity contribution >= 4 is 11.6 Å². The molecular formula is C13H18ClF2NO3. The van der Waals surface area contributed by atoms with Gasteiger partial charge in [0.15, 0.2) is 0 Å². The fourth-order valence-corrected chi connectivity index (χ4v) is 1.70. The summed E-state index contributed by atoms with van der Waals surface area (Å²) in [4.78, 5) is 0. The highest BCUT2D eigenvalue weighted by Gasteiger charge is 2.09. The van der Waals surface area contributed by atoms with Crippen molar-refractivity contribution in [2.24, 2.45) is 0 Å². The minimum atomic E-state index is -2.85. The van der Waals surface area contributed by atoms with E-state index in [1.54, 1.807) is 13.2 Å². The van der Waals surface area contributed by atoms with E-state index in [1.807, 2.05) is 0 Å². The Kier molecular flexibility index (Phi) is 8.45. The van der Waals surface area contributed by atoms with Gasteiger partial charge in [-0.15, -0.1) is 0 Å². The molecule has 0 saturated heterocycles. The molecule has 20 heavy (non-hydrogen) atoms. The molecule has 1 aromatic carbocycles. The molecule has 0 spiro atoms. The van der Waals surface area contributed by atoms with Gasteiger partial charge in [0.2, 0.25) is 0 Å². The molecule has 0 aromatic heterocycles. The molecule has 1 rings (SSSR count). The van der Waals surface area contributed by atoms with Gasteiger partial charge in [-0.3, -0.25) is 0 Å². The second-order valence-corrected chi connectivity index (χ2v) is 4.35. The molecule has 0 amide bonds. The maximum absolute atomic E-state index is 12.3. The number of hydrogen-bond donors (Lipinski definition) is 1. The molecule has 0 fully saturated rings.